The first-order chi connectivity index (χ1) is 18.1. The molecule has 10 heteroatoms. The van der Waals surface area contributed by atoms with Crippen LogP contribution in [0.4, 0.5) is 0 Å². The monoisotopic (exact) mass is 547 g/mol. The minimum atomic E-state index is -1.33. The maximum absolute atomic E-state index is 13.4. The van der Waals surface area contributed by atoms with Crippen LogP contribution in [0.15, 0.2) is 30.3 Å². The molecule has 7 N–H and O–H groups in total. The zero-order valence-electron chi connectivity index (χ0n) is 24.8. The molecule has 0 radical (unpaired) electrons. The van der Waals surface area contributed by atoms with E-state index in [0.717, 1.165) is 5.56 Å². The summed E-state index contributed by atoms with van der Waals surface area (Å²) in [6, 6.07) is 7.21. The van der Waals surface area contributed by atoms with Crippen molar-refractivity contribution in [3.05, 3.63) is 35.9 Å². The fourth-order valence-corrected chi connectivity index (χ4v) is 3.85. The Labute approximate surface area is 233 Å². The van der Waals surface area contributed by atoms with Crippen LogP contribution in [0.5, 0.6) is 0 Å². The number of carbonyl (C=O) groups is 4. The van der Waals surface area contributed by atoms with E-state index >= 15 is 0 Å². The molecule has 1 aromatic carbocycles. The Morgan fingerprint density at radius 1 is 0.821 bits per heavy atom. The number of rotatable bonds is 15. The van der Waals surface area contributed by atoms with Gasteiger partial charge >= 0.3 is 0 Å². The van der Waals surface area contributed by atoms with Gasteiger partial charge in [0.2, 0.25) is 23.6 Å². The van der Waals surface area contributed by atoms with E-state index in [2.05, 4.69) is 21.3 Å². The Kier molecular flexibility index (Phi) is 13.1. The lowest BCUT2D eigenvalue weighted by Gasteiger charge is -2.34. The molecule has 1 rings (SSSR count). The average Bonchev–Trinajstić information content (AvgIpc) is 2.89. The normalized spacial score (nSPS) is 15.7. The molecule has 0 heterocycles. The lowest BCUT2D eigenvalue weighted by molar-refractivity contribution is -0.138. The molecule has 4 amide bonds. The van der Waals surface area contributed by atoms with Crippen molar-refractivity contribution in [2.24, 2.45) is 17.6 Å². The van der Waals surface area contributed by atoms with E-state index in [-0.39, 0.29) is 18.4 Å². The summed E-state index contributed by atoms with van der Waals surface area (Å²) in [6.07, 6.45) is 1.73. The number of aliphatic hydroxyl groups is 1. The third-order valence-electron chi connectivity index (χ3n) is 7.23. The third-order valence-corrected chi connectivity index (χ3v) is 7.23. The van der Waals surface area contributed by atoms with Crippen LogP contribution in [0.1, 0.15) is 73.8 Å². The SMILES string of the molecule is CCC(C)[C@H](N)C(=O)NC(C)(C)C(=O)N[C@H](C(=O)NC(C)(C)C(=O)N[C@H](CO)Cc1ccccc1)C(C)CC. The molecule has 1 aromatic rings. The molecule has 0 aromatic heterocycles. The summed E-state index contributed by atoms with van der Waals surface area (Å²) in [7, 11) is 0. The van der Waals surface area contributed by atoms with Gasteiger partial charge in [-0.2, -0.15) is 0 Å². The van der Waals surface area contributed by atoms with E-state index in [1.54, 1.807) is 27.7 Å². The molecule has 39 heavy (non-hydrogen) atoms. The van der Waals surface area contributed by atoms with E-state index in [1.165, 1.54) is 0 Å². The molecule has 0 saturated heterocycles. The Morgan fingerprint density at radius 2 is 1.31 bits per heavy atom. The topological polar surface area (TPSA) is 163 Å². The van der Waals surface area contributed by atoms with Gasteiger partial charge in [-0.15, -0.1) is 0 Å². The second-order valence-corrected chi connectivity index (χ2v) is 11.5. The number of carbonyl (C=O) groups excluding carboxylic acids is 4. The van der Waals surface area contributed by atoms with Crippen molar-refractivity contribution in [2.45, 2.75) is 104 Å². The summed E-state index contributed by atoms with van der Waals surface area (Å²) in [4.78, 5) is 52.3. The van der Waals surface area contributed by atoms with Crippen LogP contribution in [-0.2, 0) is 25.6 Å². The molecule has 0 aliphatic carbocycles. The van der Waals surface area contributed by atoms with Crippen molar-refractivity contribution in [2.75, 3.05) is 6.61 Å². The van der Waals surface area contributed by atoms with Crippen molar-refractivity contribution in [3.63, 3.8) is 0 Å². The number of amides is 4. The van der Waals surface area contributed by atoms with E-state index in [0.29, 0.717) is 19.3 Å². The Morgan fingerprint density at radius 3 is 1.79 bits per heavy atom. The highest BCUT2D eigenvalue weighted by molar-refractivity contribution is 5.97. The Balaban J connectivity index is 2.94. The predicted octanol–water partition coefficient (Wildman–Crippen LogP) is 1.40. The molecule has 0 bridgehead atoms. The first-order valence-corrected chi connectivity index (χ1v) is 13.8. The molecule has 5 atom stereocenters. The summed E-state index contributed by atoms with van der Waals surface area (Å²) in [5, 5.41) is 20.8. The fraction of sp³-hybridized carbons (Fsp3) is 0.655. The van der Waals surface area contributed by atoms with Crippen molar-refractivity contribution in [1.29, 1.82) is 0 Å². The molecule has 0 fully saturated rings. The minimum absolute atomic E-state index is 0.0611. The third kappa shape index (κ3) is 10.3. The van der Waals surface area contributed by atoms with Crippen molar-refractivity contribution >= 4 is 23.6 Å². The first kappa shape index (κ1) is 34.0. The number of nitrogens with two attached hydrogens (primary N) is 1. The van der Waals surface area contributed by atoms with Crippen LogP contribution in [0.3, 0.4) is 0 Å². The van der Waals surface area contributed by atoms with Crippen molar-refractivity contribution in [1.82, 2.24) is 21.3 Å². The van der Waals surface area contributed by atoms with Gasteiger partial charge in [-0.1, -0.05) is 70.9 Å². The molecular formula is C29H49N5O5. The molecule has 0 aliphatic rings. The summed E-state index contributed by atoms with van der Waals surface area (Å²) in [5.74, 6) is -2.30. The number of benzene rings is 1. The van der Waals surface area contributed by atoms with E-state index in [4.69, 9.17) is 5.73 Å². The van der Waals surface area contributed by atoms with Gasteiger partial charge in [-0.05, 0) is 51.5 Å². The lowest BCUT2D eigenvalue weighted by Crippen LogP contribution is -2.65. The van der Waals surface area contributed by atoms with Gasteiger partial charge in [0.05, 0.1) is 18.7 Å². The maximum atomic E-state index is 13.4. The van der Waals surface area contributed by atoms with Crippen LogP contribution >= 0.6 is 0 Å². The highest BCUT2D eigenvalue weighted by Gasteiger charge is 2.38. The number of aliphatic hydroxyl groups excluding tert-OH is 1. The molecule has 2 unspecified atom stereocenters. The van der Waals surface area contributed by atoms with Crippen molar-refractivity contribution in [3.8, 4) is 0 Å². The average molecular weight is 548 g/mol. The molecule has 0 saturated carbocycles. The van der Waals surface area contributed by atoms with Crippen LogP contribution in [-0.4, -0.2) is 64.5 Å². The van der Waals surface area contributed by atoms with Crippen molar-refractivity contribution < 1.29 is 24.3 Å². The summed E-state index contributed by atoms with van der Waals surface area (Å²) in [6.45, 7) is 13.5. The van der Waals surface area contributed by atoms with Gasteiger partial charge in [0.15, 0.2) is 0 Å². The number of hydrogen-bond acceptors (Lipinski definition) is 6. The van der Waals surface area contributed by atoms with Gasteiger partial charge in [0.1, 0.15) is 17.1 Å². The summed E-state index contributed by atoms with van der Waals surface area (Å²) >= 11 is 0. The summed E-state index contributed by atoms with van der Waals surface area (Å²) in [5.41, 5.74) is 4.32. The molecule has 0 spiro atoms. The van der Waals surface area contributed by atoms with Crippen LogP contribution in [0.2, 0.25) is 0 Å². The second-order valence-electron chi connectivity index (χ2n) is 11.5. The van der Waals surface area contributed by atoms with Gasteiger partial charge in [0.25, 0.3) is 0 Å². The highest BCUT2D eigenvalue weighted by atomic mass is 16.3. The zero-order valence-corrected chi connectivity index (χ0v) is 24.8. The largest absolute Gasteiger partial charge is 0.394 e. The van der Waals surface area contributed by atoms with E-state index in [1.807, 2.05) is 58.0 Å². The standard InChI is InChI=1S/C29H49N5O5/c1-9-18(3)22(30)24(36)33-29(7,8)27(39)32-23(19(4)10-2)25(37)34-28(5,6)26(38)31-21(17-35)16-20-14-12-11-13-15-20/h11-15,18-19,21-23,35H,9-10,16-17,30H2,1-8H3,(H,31,38)(H,32,39)(H,33,36)(H,34,37)/t18?,19?,21-,22-,23-/m0/s1. The van der Waals surface area contributed by atoms with Gasteiger partial charge < -0.3 is 32.1 Å². The number of nitrogens with one attached hydrogen (secondary N) is 4. The second kappa shape index (κ2) is 15.0. The van der Waals surface area contributed by atoms with E-state index in [9.17, 15) is 24.3 Å². The molecule has 220 valence electrons. The first-order valence-electron chi connectivity index (χ1n) is 13.8. The number of hydrogen-bond donors (Lipinski definition) is 6. The summed E-state index contributed by atoms with van der Waals surface area (Å²) < 4.78 is 0. The van der Waals surface area contributed by atoms with Crippen LogP contribution < -0.4 is 27.0 Å². The highest BCUT2D eigenvalue weighted by Crippen LogP contribution is 2.14. The maximum Gasteiger partial charge on any atom is 0.245 e. The zero-order chi connectivity index (χ0) is 30.0. The molecule has 10 nitrogen and oxygen atoms in total. The molecular weight excluding hydrogens is 498 g/mol. The fourth-order valence-electron chi connectivity index (χ4n) is 3.85. The minimum Gasteiger partial charge on any atom is -0.394 e. The Hall–Kier alpha value is -2.98. The predicted molar refractivity (Wildman–Crippen MR) is 152 cm³/mol. The van der Waals surface area contributed by atoms with Gasteiger partial charge in [-0.25, -0.2) is 0 Å². The molecule has 0 aliphatic heterocycles. The van der Waals surface area contributed by atoms with Gasteiger partial charge in [0, 0.05) is 0 Å². The smallest absolute Gasteiger partial charge is 0.245 e. The van der Waals surface area contributed by atoms with E-state index < -0.39 is 52.8 Å². The Bertz CT molecular complexity index is 966. The van der Waals surface area contributed by atoms with Gasteiger partial charge in [-0.3, -0.25) is 19.2 Å². The lowest BCUT2D eigenvalue weighted by atomic mass is 9.93. The van der Waals surface area contributed by atoms with Crippen LogP contribution in [0, 0.1) is 11.8 Å². The van der Waals surface area contributed by atoms with Crippen LogP contribution in [0.25, 0.3) is 0 Å². The quantitative estimate of drug-likeness (QED) is 0.194.